The van der Waals surface area contributed by atoms with E-state index in [-0.39, 0.29) is 0 Å². The van der Waals surface area contributed by atoms with Crippen molar-refractivity contribution in [3.63, 3.8) is 0 Å². The number of nitrogens with zero attached hydrogens (tertiary/aromatic N) is 4. The van der Waals surface area contributed by atoms with E-state index in [0.29, 0.717) is 0 Å². The molecule has 0 aliphatic carbocycles. The fraction of sp³-hybridized carbons (Fsp3) is 0.538. The van der Waals surface area contributed by atoms with Gasteiger partial charge in [-0.05, 0) is 18.6 Å². The molecule has 0 spiro atoms. The van der Waals surface area contributed by atoms with Gasteiger partial charge in [0.1, 0.15) is 12.2 Å². The summed E-state index contributed by atoms with van der Waals surface area (Å²) in [5.74, 6) is 0.983. The molecule has 6 heteroatoms. The largest absolute Gasteiger partial charge is 0.383 e. The average molecular weight is 263 g/mol. The summed E-state index contributed by atoms with van der Waals surface area (Å²) in [5, 5.41) is 7.50. The van der Waals surface area contributed by atoms with E-state index in [9.17, 15) is 0 Å². The van der Waals surface area contributed by atoms with Gasteiger partial charge in [-0.2, -0.15) is 5.10 Å². The van der Waals surface area contributed by atoms with E-state index in [1.165, 1.54) is 5.56 Å². The summed E-state index contributed by atoms with van der Waals surface area (Å²) >= 11 is 0. The van der Waals surface area contributed by atoms with E-state index in [1.807, 2.05) is 4.68 Å². The highest BCUT2D eigenvalue weighted by Gasteiger charge is 2.04. The summed E-state index contributed by atoms with van der Waals surface area (Å²) in [6.07, 6.45) is 5.81. The predicted octanol–water partition coefficient (Wildman–Crippen LogP) is 0.884. The van der Waals surface area contributed by atoms with Crippen molar-refractivity contribution < 1.29 is 4.74 Å². The van der Waals surface area contributed by atoms with Crippen LogP contribution in [-0.4, -0.2) is 39.6 Å². The Labute approximate surface area is 113 Å². The van der Waals surface area contributed by atoms with Crippen molar-refractivity contribution in [1.82, 2.24) is 24.6 Å². The molecule has 1 N–H and O–H groups in total. The molecule has 0 aliphatic heterocycles. The number of ether oxygens (including phenoxy) is 1. The van der Waals surface area contributed by atoms with Crippen LogP contribution in [-0.2, 0) is 24.4 Å². The van der Waals surface area contributed by atoms with Crippen molar-refractivity contribution in [2.75, 3.05) is 20.3 Å². The van der Waals surface area contributed by atoms with Gasteiger partial charge >= 0.3 is 0 Å². The summed E-state index contributed by atoms with van der Waals surface area (Å²) in [4.78, 5) is 4.28. The molecule has 0 saturated heterocycles. The predicted molar refractivity (Wildman–Crippen MR) is 72.8 cm³/mol. The van der Waals surface area contributed by atoms with Gasteiger partial charge in [0, 0.05) is 39.1 Å². The Morgan fingerprint density at radius 1 is 1.42 bits per heavy atom. The molecule has 2 aromatic heterocycles. The van der Waals surface area contributed by atoms with Crippen molar-refractivity contribution in [1.29, 1.82) is 0 Å². The Morgan fingerprint density at radius 3 is 3.11 bits per heavy atom. The Kier molecular flexibility index (Phi) is 5.11. The fourth-order valence-corrected chi connectivity index (χ4v) is 1.94. The lowest BCUT2D eigenvalue weighted by molar-refractivity contribution is 0.199. The molecule has 2 aromatic rings. The van der Waals surface area contributed by atoms with Crippen LogP contribution in [0.1, 0.15) is 18.3 Å². The molecule has 0 amide bonds. The molecular weight excluding hydrogens is 242 g/mol. The van der Waals surface area contributed by atoms with Gasteiger partial charge in [-0.25, -0.2) is 9.67 Å². The van der Waals surface area contributed by atoms with Gasteiger partial charge in [-0.1, -0.05) is 0 Å². The summed E-state index contributed by atoms with van der Waals surface area (Å²) in [7, 11) is 1.71. The summed E-state index contributed by atoms with van der Waals surface area (Å²) in [5.41, 5.74) is 1.26. The van der Waals surface area contributed by atoms with Crippen LogP contribution >= 0.6 is 0 Å². The molecule has 0 saturated carbocycles. The molecule has 2 heterocycles. The normalized spacial score (nSPS) is 11.1. The van der Waals surface area contributed by atoms with Crippen LogP contribution < -0.4 is 5.32 Å². The van der Waals surface area contributed by atoms with Crippen LogP contribution in [0.25, 0.3) is 0 Å². The van der Waals surface area contributed by atoms with Crippen molar-refractivity contribution in [2.24, 2.45) is 0 Å². The lowest BCUT2D eigenvalue weighted by Gasteiger charge is -2.04. The Hall–Kier alpha value is -1.66. The summed E-state index contributed by atoms with van der Waals surface area (Å²) in [6.45, 7) is 6.13. The Balaban J connectivity index is 1.87. The second-order valence-corrected chi connectivity index (χ2v) is 4.35. The third-order valence-electron chi connectivity index (χ3n) is 2.94. The topological polar surface area (TPSA) is 56.9 Å². The Morgan fingerprint density at radius 2 is 2.32 bits per heavy atom. The van der Waals surface area contributed by atoms with Crippen LogP contribution in [0.15, 0.2) is 24.8 Å². The average Bonchev–Trinajstić information content (AvgIpc) is 3.04. The minimum Gasteiger partial charge on any atom is -0.383 e. The molecule has 19 heavy (non-hydrogen) atoms. The standard InChI is InChI=1S/C13H21N5O/c1-3-18-13(15-11-16-18)10-17-6-4-12(9-17)8-14-5-7-19-2/h4,6,9,11,14H,3,5,7-8,10H2,1-2H3. The van der Waals surface area contributed by atoms with Gasteiger partial charge in [0.2, 0.25) is 0 Å². The van der Waals surface area contributed by atoms with Crippen LogP contribution in [0.3, 0.4) is 0 Å². The van der Waals surface area contributed by atoms with Gasteiger partial charge in [-0.3, -0.25) is 0 Å². The fourth-order valence-electron chi connectivity index (χ4n) is 1.94. The van der Waals surface area contributed by atoms with E-state index in [2.05, 4.69) is 45.4 Å². The first kappa shape index (κ1) is 13.8. The first-order valence-electron chi connectivity index (χ1n) is 6.54. The molecule has 6 nitrogen and oxygen atoms in total. The second-order valence-electron chi connectivity index (χ2n) is 4.35. The van der Waals surface area contributed by atoms with E-state index in [4.69, 9.17) is 4.74 Å². The summed E-state index contributed by atoms with van der Waals surface area (Å²) in [6, 6.07) is 2.12. The van der Waals surface area contributed by atoms with Gasteiger partial charge in [-0.15, -0.1) is 0 Å². The number of methoxy groups -OCH3 is 1. The summed E-state index contributed by atoms with van der Waals surface area (Å²) < 4.78 is 9.04. The maximum atomic E-state index is 4.99. The Bertz CT molecular complexity index is 491. The van der Waals surface area contributed by atoms with Crippen molar-refractivity contribution in [2.45, 2.75) is 26.6 Å². The lowest BCUT2D eigenvalue weighted by Crippen LogP contribution is -2.18. The first-order chi connectivity index (χ1) is 9.33. The number of hydrogen-bond acceptors (Lipinski definition) is 4. The zero-order valence-corrected chi connectivity index (χ0v) is 11.5. The van der Waals surface area contributed by atoms with Gasteiger partial charge in [0.25, 0.3) is 0 Å². The molecule has 0 aromatic carbocycles. The highest BCUT2D eigenvalue weighted by molar-refractivity contribution is 5.10. The smallest absolute Gasteiger partial charge is 0.146 e. The number of rotatable bonds is 8. The molecule has 0 fully saturated rings. The van der Waals surface area contributed by atoms with Crippen LogP contribution in [0.2, 0.25) is 0 Å². The van der Waals surface area contributed by atoms with Crippen molar-refractivity contribution >= 4 is 0 Å². The highest BCUT2D eigenvalue weighted by atomic mass is 16.5. The zero-order chi connectivity index (χ0) is 13.5. The third-order valence-corrected chi connectivity index (χ3v) is 2.94. The second kappa shape index (κ2) is 7.06. The SMILES string of the molecule is CCn1ncnc1Cn1ccc(CNCCOC)c1. The van der Waals surface area contributed by atoms with E-state index in [1.54, 1.807) is 13.4 Å². The van der Waals surface area contributed by atoms with Crippen LogP contribution in [0, 0.1) is 0 Å². The lowest BCUT2D eigenvalue weighted by atomic mass is 10.3. The molecule has 0 unspecified atom stereocenters. The molecule has 2 rings (SSSR count). The third kappa shape index (κ3) is 3.90. The molecule has 0 bridgehead atoms. The maximum Gasteiger partial charge on any atom is 0.146 e. The van der Waals surface area contributed by atoms with Gasteiger partial charge in [0.05, 0.1) is 13.2 Å². The quantitative estimate of drug-likeness (QED) is 0.718. The van der Waals surface area contributed by atoms with Crippen molar-refractivity contribution in [3.05, 3.63) is 36.2 Å². The highest BCUT2D eigenvalue weighted by Crippen LogP contribution is 2.04. The number of aryl methyl sites for hydroxylation is 1. The minimum absolute atomic E-state index is 0.736. The van der Waals surface area contributed by atoms with E-state index in [0.717, 1.165) is 38.6 Å². The molecule has 0 aliphatic rings. The monoisotopic (exact) mass is 263 g/mol. The van der Waals surface area contributed by atoms with Crippen LogP contribution in [0.4, 0.5) is 0 Å². The molecular formula is C13H21N5O. The number of nitrogens with one attached hydrogen (secondary N) is 1. The zero-order valence-electron chi connectivity index (χ0n) is 11.5. The minimum atomic E-state index is 0.736. The molecule has 104 valence electrons. The number of aromatic nitrogens is 4. The molecule has 0 radical (unpaired) electrons. The first-order valence-corrected chi connectivity index (χ1v) is 6.54. The van der Waals surface area contributed by atoms with E-state index >= 15 is 0 Å². The van der Waals surface area contributed by atoms with Gasteiger partial charge in [0.15, 0.2) is 0 Å². The molecule has 0 atom stereocenters. The van der Waals surface area contributed by atoms with Gasteiger partial charge < -0.3 is 14.6 Å². The number of hydrogen-bond donors (Lipinski definition) is 1. The van der Waals surface area contributed by atoms with Crippen molar-refractivity contribution in [3.8, 4) is 0 Å². The van der Waals surface area contributed by atoms with Crippen LogP contribution in [0.5, 0.6) is 0 Å². The van der Waals surface area contributed by atoms with E-state index < -0.39 is 0 Å². The maximum absolute atomic E-state index is 4.99.